The second-order valence-corrected chi connectivity index (χ2v) is 6.78. The van der Waals surface area contributed by atoms with E-state index in [2.05, 4.69) is 31.0 Å². The third kappa shape index (κ3) is 4.52. The molecule has 2 aliphatic heterocycles. The predicted molar refractivity (Wildman–Crippen MR) is 75.9 cm³/mol. The summed E-state index contributed by atoms with van der Waals surface area (Å²) in [7, 11) is 0. The smallest absolute Gasteiger partial charge is 0.0757 e. The van der Waals surface area contributed by atoms with E-state index in [9.17, 15) is 0 Å². The molecule has 0 spiro atoms. The fourth-order valence-corrected chi connectivity index (χ4v) is 3.53. The first-order valence-corrected chi connectivity index (χ1v) is 7.66. The van der Waals surface area contributed by atoms with Gasteiger partial charge in [-0.25, -0.2) is 0 Å². The summed E-state index contributed by atoms with van der Waals surface area (Å²) in [6, 6.07) is 0. The molecule has 2 fully saturated rings. The summed E-state index contributed by atoms with van der Waals surface area (Å²) in [6.45, 7) is 12.5. The summed E-state index contributed by atoms with van der Waals surface area (Å²) in [5, 5.41) is 3.51. The van der Waals surface area contributed by atoms with Crippen molar-refractivity contribution in [2.45, 2.75) is 58.2 Å². The Labute approximate surface area is 112 Å². The van der Waals surface area contributed by atoms with Crippen LogP contribution in [-0.2, 0) is 4.74 Å². The third-order valence-corrected chi connectivity index (χ3v) is 4.13. The largest absolute Gasteiger partial charge is 0.370 e. The van der Waals surface area contributed by atoms with Crippen LogP contribution in [0.1, 0.15) is 46.5 Å². The zero-order valence-electron chi connectivity index (χ0n) is 12.4. The zero-order valence-corrected chi connectivity index (χ0v) is 12.4. The maximum absolute atomic E-state index is 5.95. The van der Waals surface area contributed by atoms with Crippen LogP contribution in [0.5, 0.6) is 0 Å². The molecule has 3 heteroatoms. The fourth-order valence-electron chi connectivity index (χ4n) is 3.53. The number of rotatable bonds is 4. The number of hydrogen-bond donors (Lipinski definition) is 1. The van der Waals surface area contributed by atoms with Crippen molar-refractivity contribution in [2.24, 2.45) is 5.92 Å². The number of hydrogen-bond acceptors (Lipinski definition) is 3. The summed E-state index contributed by atoms with van der Waals surface area (Å²) < 4.78 is 5.95. The lowest BCUT2D eigenvalue weighted by molar-refractivity contribution is -0.128. The van der Waals surface area contributed by atoms with Gasteiger partial charge in [-0.2, -0.15) is 0 Å². The fraction of sp³-hybridized carbons (Fsp3) is 1.00. The summed E-state index contributed by atoms with van der Waals surface area (Å²) >= 11 is 0. The van der Waals surface area contributed by atoms with Crippen LogP contribution in [-0.4, -0.2) is 49.3 Å². The zero-order chi connectivity index (χ0) is 13.0. The molecule has 2 unspecified atom stereocenters. The normalized spacial score (nSPS) is 33.5. The van der Waals surface area contributed by atoms with Gasteiger partial charge in [-0.15, -0.1) is 0 Å². The van der Waals surface area contributed by atoms with Gasteiger partial charge in [0.15, 0.2) is 0 Å². The highest BCUT2D eigenvalue weighted by molar-refractivity contribution is 4.82. The molecule has 0 aromatic heterocycles. The standard InChI is InChI=1S/C15H30N2O/c1-13-11-17(12-15(2,3)18-13)9-5-7-14-6-4-8-16-10-14/h13-14,16H,4-12H2,1-3H3. The highest BCUT2D eigenvalue weighted by Gasteiger charge is 2.30. The van der Waals surface area contributed by atoms with Gasteiger partial charge < -0.3 is 10.1 Å². The van der Waals surface area contributed by atoms with E-state index in [4.69, 9.17) is 4.74 Å². The van der Waals surface area contributed by atoms with Crippen molar-refractivity contribution in [1.82, 2.24) is 10.2 Å². The first kappa shape index (κ1) is 14.3. The van der Waals surface area contributed by atoms with E-state index < -0.39 is 0 Å². The molecule has 2 heterocycles. The van der Waals surface area contributed by atoms with E-state index in [0.29, 0.717) is 6.10 Å². The number of nitrogens with one attached hydrogen (secondary N) is 1. The Balaban J connectivity index is 1.66. The van der Waals surface area contributed by atoms with Crippen molar-refractivity contribution in [3.63, 3.8) is 0 Å². The Morgan fingerprint density at radius 2 is 2.22 bits per heavy atom. The highest BCUT2D eigenvalue weighted by Crippen LogP contribution is 2.22. The predicted octanol–water partition coefficient (Wildman–Crippen LogP) is 2.27. The molecular formula is C15H30N2O. The first-order valence-electron chi connectivity index (χ1n) is 7.66. The van der Waals surface area contributed by atoms with Crippen LogP contribution < -0.4 is 5.32 Å². The average molecular weight is 254 g/mol. The molecular weight excluding hydrogens is 224 g/mol. The van der Waals surface area contributed by atoms with Crippen LogP contribution in [0.25, 0.3) is 0 Å². The number of ether oxygens (including phenoxy) is 1. The second-order valence-electron chi connectivity index (χ2n) is 6.78. The van der Waals surface area contributed by atoms with Crippen molar-refractivity contribution in [2.75, 3.05) is 32.7 Å². The number of piperidine rings is 1. The molecule has 18 heavy (non-hydrogen) atoms. The van der Waals surface area contributed by atoms with Gasteiger partial charge in [-0.1, -0.05) is 0 Å². The molecule has 0 aromatic carbocycles. The number of morpholine rings is 1. The van der Waals surface area contributed by atoms with Crippen LogP contribution in [0.3, 0.4) is 0 Å². The molecule has 1 N–H and O–H groups in total. The minimum absolute atomic E-state index is 0.0318. The molecule has 2 atom stereocenters. The van der Waals surface area contributed by atoms with E-state index in [1.807, 2.05) is 0 Å². The molecule has 0 aromatic rings. The second kappa shape index (κ2) is 6.36. The molecule has 2 rings (SSSR count). The monoisotopic (exact) mass is 254 g/mol. The Kier molecular flexibility index (Phi) is 5.05. The number of nitrogens with zero attached hydrogens (tertiary/aromatic N) is 1. The van der Waals surface area contributed by atoms with Gasteiger partial charge in [0.1, 0.15) is 0 Å². The average Bonchev–Trinajstić information content (AvgIpc) is 2.27. The van der Waals surface area contributed by atoms with Gasteiger partial charge in [0, 0.05) is 13.1 Å². The molecule has 2 saturated heterocycles. The van der Waals surface area contributed by atoms with Gasteiger partial charge in [0.25, 0.3) is 0 Å². The molecule has 0 bridgehead atoms. The Morgan fingerprint density at radius 1 is 1.39 bits per heavy atom. The van der Waals surface area contributed by atoms with E-state index in [0.717, 1.165) is 19.0 Å². The Bertz CT molecular complexity index is 249. The molecule has 3 nitrogen and oxygen atoms in total. The molecule has 0 saturated carbocycles. The highest BCUT2D eigenvalue weighted by atomic mass is 16.5. The van der Waals surface area contributed by atoms with Crippen LogP contribution in [0, 0.1) is 5.92 Å². The molecule has 2 aliphatic rings. The van der Waals surface area contributed by atoms with Crippen molar-refractivity contribution >= 4 is 0 Å². The molecule has 0 amide bonds. The molecule has 0 aliphatic carbocycles. The summed E-state index contributed by atoms with van der Waals surface area (Å²) in [6.07, 6.45) is 5.91. The Hall–Kier alpha value is -0.120. The maximum atomic E-state index is 5.95. The molecule has 0 radical (unpaired) electrons. The SMILES string of the molecule is CC1CN(CCCC2CCCNC2)CC(C)(C)O1. The third-order valence-electron chi connectivity index (χ3n) is 4.13. The van der Waals surface area contributed by atoms with Crippen LogP contribution >= 0.6 is 0 Å². The molecule has 106 valence electrons. The summed E-state index contributed by atoms with van der Waals surface area (Å²) in [5.41, 5.74) is 0.0318. The minimum atomic E-state index is 0.0318. The Morgan fingerprint density at radius 3 is 2.89 bits per heavy atom. The van der Waals surface area contributed by atoms with Crippen molar-refractivity contribution in [3.05, 3.63) is 0 Å². The van der Waals surface area contributed by atoms with E-state index in [1.54, 1.807) is 0 Å². The van der Waals surface area contributed by atoms with Gasteiger partial charge >= 0.3 is 0 Å². The maximum Gasteiger partial charge on any atom is 0.0757 e. The summed E-state index contributed by atoms with van der Waals surface area (Å²) in [4.78, 5) is 2.59. The lowest BCUT2D eigenvalue weighted by Crippen LogP contribution is -2.52. The van der Waals surface area contributed by atoms with Gasteiger partial charge in [-0.05, 0) is 72.0 Å². The van der Waals surface area contributed by atoms with E-state index in [1.165, 1.54) is 45.3 Å². The topological polar surface area (TPSA) is 24.5 Å². The van der Waals surface area contributed by atoms with Crippen LogP contribution in [0.4, 0.5) is 0 Å². The lowest BCUT2D eigenvalue weighted by Gasteiger charge is -2.42. The van der Waals surface area contributed by atoms with Crippen molar-refractivity contribution in [3.8, 4) is 0 Å². The van der Waals surface area contributed by atoms with Crippen LogP contribution in [0.2, 0.25) is 0 Å². The lowest BCUT2D eigenvalue weighted by atomic mass is 9.94. The van der Waals surface area contributed by atoms with Gasteiger partial charge in [0.2, 0.25) is 0 Å². The van der Waals surface area contributed by atoms with E-state index >= 15 is 0 Å². The quantitative estimate of drug-likeness (QED) is 0.833. The van der Waals surface area contributed by atoms with Crippen molar-refractivity contribution < 1.29 is 4.74 Å². The van der Waals surface area contributed by atoms with E-state index in [-0.39, 0.29) is 5.60 Å². The van der Waals surface area contributed by atoms with Gasteiger partial charge in [-0.3, -0.25) is 4.90 Å². The van der Waals surface area contributed by atoms with Crippen molar-refractivity contribution in [1.29, 1.82) is 0 Å². The van der Waals surface area contributed by atoms with Gasteiger partial charge in [0.05, 0.1) is 11.7 Å². The minimum Gasteiger partial charge on any atom is -0.370 e. The summed E-state index contributed by atoms with van der Waals surface area (Å²) in [5.74, 6) is 0.922. The first-order chi connectivity index (χ1) is 8.55. The van der Waals surface area contributed by atoms with Crippen LogP contribution in [0.15, 0.2) is 0 Å².